The zero-order valence-corrected chi connectivity index (χ0v) is 8.98. The van der Waals surface area contributed by atoms with E-state index in [0.717, 1.165) is 12.8 Å². The van der Waals surface area contributed by atoms with Crippen LogP contribution in [-0.2, 0) is 11.3 Å². The van der Waals surface area contributed by atoms with Crippen molar-refractivity contribution < 1.29 is 14.6 Å². The molecule has 0 radical (unpaired) electrons. The van der Waals surface area contributed by atoms with Crippen LogP contribution in [0.2, 0.25) is 0 Å². The lowest BCUT2D eigenvalue weighted by atomic mass is 9.96. The lowest BCUT2D eigenvalue weighted by Crippen LogP contribution is -2.21. The molecule has 0 saturated heterocycles. The Hall–Kier alpha value is -1.55. The van der Waals surface area contributed by atoms with Gasteiger partial charge in [-0.05, 0) is 30.9 Å². The van der Waals surface area contributed by atoms with E-state index in [2.05, 4.69) is 0 Å². The van der Waals surface area contributed by atoms with Crippen molar-refractivity contribution in [2.75, 3.05) is 5.73 Å². The number of rotatable bonds is 4. The van der Waals surface area contributed by atoms with Gasteiger partial charge >= 0.3 is 5.97 Å². The summed E-state index contributed by atoms with van der Waals surface area (Å²) in [6, 6.07) is 5.09. The van der Waals surface area contributed by atoms with E-state index in [9.17, 15) is 4.79 Å². The SMILES string of the molecule is Nc1cccc(COC2CCC2)c1C(=O)O. The first-order valence-electron chi connectivity index (χ1n) is 5.40. The highest BCUT2D eigenvalue weighted by Crippen LogP contribution is 2.25. The molecule has 3 N–H and O–H groups in total. The van der Waals surface area contributed by atoms with Crippen LogP contribution in [0.3, 0.4) is 0 Å². The molecule has 0 aliphatic heterocycles. The molecule has 1 saturated carbocycles. The Bertz CT molecular complexity index is 399. The fourth-order valence-corrected chi connectivity index (χ4v) is 1.75. The Morgan fingerprint density at radius 2 is 2.25 bits per heavy atom. The number of nitrogen functional groups attached to an aromatic ring is 1. The van der Waals surface area contributed by atoms with Crippen molar-refractivity contribution in [3.8, 4) is 0 Å². The van der Waals surface area contributed by atoms with Crippen molar-refractivity contribution in [1.29, 1.82) is 0 Å². The Kier molecular flexibility index (Phi) is 3.10. The van der Waals surface area contributed by atoms with Crippen LogP contribution >= 0.6 is 0 Å². The maximum Gasteiger partial charge on any atom is 0.338 e. The summed E-state index contributed by atoms with van der Waals surface area (Å²) in [7, 11) is 0. The van der Waals surface area contributed by atoms with E-state index >= 15 is 0 Å². The van der Waals surface area contributed by atoms with Crippen LogP contribution in [0.15, 0.2) is 18.2 Å². The first kappa shape index (κ1) is 11.0. The summed E-state index contributed by atoms with van der Waals surface area (Å²) in [5.41, 5.74) is 6.75. The largest absolute Gasteiger partial charge is 0.478 e. The summed E-state index contributed by atoms with van der Waals surface area (Å²) in [5.74, 6) is -0.995. The van der Waals surface area contributed by atoms with E-state index in [1.165, 1.54) is 6.42 Å². The summed E-state index contributed by atoms with van der Waals surface area (Å²) in [5, 5.41) is 9.05. The number of carbonyl (C=O) groups is 1. The number of benzene rings is 1. The highest BCUT2D eigenvalue weighted by molar-refractivity contribution is 5.95. The van der Waals surface area contributed by atoms with Crippen molar-refractivity contribution in [1.82, 2.24) is 0 Å². The Labute approximate surface area is 94.0 Å². The third kappa shape index (κ3) is 2.17. The molecule has 4 nitrogen and oxygen atoms in total. The predicted molar refractivity (Wildman–Crippen MR) is 60.2 cm³/mol. The van der Waals surface area contributed by atoms with Crippen LogP contribution in [0.1, 0.15) is 35.2 Å². The average molecular weight is 221 g/mol. The maximum atomic E-state index is 11.0. The van der Waals surface area contributed by atoms with Gasteiger partial charge in [-0.25, -0.2) is 4.79 Å². The van der Waals surface area contributed by atoms with Crippen LogP contribution in [0.25, 0.3) is 0 Å². The molecule has 1 fully saturated rings. The van der Waals surface area contributed by atoms with Gasteiger partial charge in [-0.1, -0.05) is 12.1 Å². The molecule has 1 aliphatic rings. The highest BCUT2D eigenvalue weighted by atomic mass is 16.5. The van der Waals surface area contributed by atoms with E-state index in [-0.39, 0.29) is 5.56 Å². The molecule has 1 aromatic carbocycles. The van der Waals surface area contributed by atoms with Gasteiger partial charge in [-0.3, -0.25) is 0 Å². The van der Waals surface area contributed by atoms with Crippen molar-refractivity contribution in [2.45, 2.75) is 32.0 Å². The van der Waals surface area contributed by atoms with Crippen LogP contribution in [-0.4, -0.2) is 17.2 Å². The topological polar surface area (TPSA) is 72.5 Å². The maximum absolute atomic E-state index is 11.0. The molecule has 0 amide bonds. The summed E-state index contributed by atoms with van der Waals surface area (Å²) in [4.78, 5) is 11.0. The van der Waals surface area contributed by atoms with Gasteiger partial charge in [-0.2, -0.15) is 0 Å². The zero-order chi connectivity index (χ0) is 11.5. The average Bonchev–Trinajstić information content (AvgIpc) is 2.14. The number of ether oxygens (including phenoxy) is 1. The number of anilines is 1. The Balaban J connectivity index is 2.12. The minimum absolute atomic E-state index is 0.168. The predicted octanol–water partition coefficient (Wildman–Crippen LogP) is 2.04. The molecule has 0 bridgehead atoms. The Morgan fingerprint density at radius 1 is 1.50 bits per heavy atom. The molecule has 0 heterocycles. The summed E-state index contributed by atoms with van der Waals surface area (Å²) in [6.07, 6.45) is 3.64. The van der Waals surface area contributed by atoms with E-state index < -0.39 is 5.97 Å². The second-order valence-corrected chi connectivity index (χ2v) is 4.05. The molecule has 0 aromatic heterocycles. The number of carboxylic acids is 1. The summed E-state index contributed by atoms with van der Waals surface area (Å²) >= 11 is 0. The molecule has 0 unspecified atom stereocenters. The monoisotopic (exact) mass is 221 g/mol. The van der Waals surface area contributed by atoms with Gasteiger partial charge in [0.1, 0.15) is 0 Å². The van der Waals surface area contributed by atoms with E-state index in [4.69, 9.17) is 15.6 Å². The number of hydrogen-bond acceptors (Lipinski definition) is 3. The van der Waals surface area contributed by atoms with Crippen LogP contribution in [0.5, 0.6) is 0 Å². The lowest BCUT2D eigenvalue weighted by molar-refractivity contribution is -0.00907. The highest BCUT2D eigenvalue weighted by Gasteiger charge is 2.20. The fraction of sp³-hybridized carbons (Fsp3) is 0.417. The molecule has 0 atom stereocenters. The standard InChI is InChI=1S/C12H15NO3/c13-10-6-1-3-8(11(10)12(14)15)7-16-9-4-2-5-9/h1,3,6,9H,2,4-5,7,13H2,(H,14,15). The molecule has 86 valence electrons. The first-order chi connectivity index (χ1) is 7.68. The smallest absolute Gasteiger partial charge is 0.338 e. The van der Waals surface area contributed by atoms with Gasteiger partial charge in [0.2, 0.25) is 0 Å². The zero-order valence-electron chi connectivity index (χ0n) is 8.98. The van der Waals surface area contributed by atoms with Crippen molar-refractivity contribution in [3.63, 3.8) is 0 Å². The molecule has 1 aromatic rings. The summed E-state index contributed by atoms with van der Waals surface area (Å²) < 4.78 is 5.59. The van der Waals surface area contributed by atoms with E-state index in [0.29, 0.717) is 24.0 Å². The number of hydrogen-bond donors (Lipinski definition) is 2. The van der Waals surface area contributed by atoms with Crippen LogP contribution in [0.4, 0.5) is 5.69 Å². The number of nitrogens with two attached hydrogens (primary N) is 1. The van der Waals surface area contributed by atoms with Gasteiger partial charge in [-0.15, -0.1) is 0 Å². The van der Waals surface area contributed by atoms with Gasteiger partial charge in [0.25, 0.3) is 0 Å². The molecular weight excluding hydrogens is 206 g/mol. The van der Waals surface area contributed by atoms with Gasteiger partial charge in [0, 0.05) is 5.69 Å². The van der Waals surface area contributed by atoms with Crippen molar-refractivity contribution >= 4 is 11.7 Å². The minimum atomic E-state index is -0.995. The summed E-state index contributed by atoms with van der Waals surface area (Å²) in [6.45, 7) is 0.331. The van der Waals surface area contributed by atoms with Crippen molar-refractivity contribution in [3.05, 3.63) is 29.3 Å². The molecule has 1 aliphatic carbocycles. The third-order valence-electron chi connectivity index (χ3n) is 2.92. The van der Waals surface area contributed by atoms with Crippen molar-refractivity contribution in [2.24, 2.45) is 0 Å². The molecule has 16 heavy (non-hydrogen) atoms. The van der Waals surface area contributed by atoms with Gasteiger partial charge in [0.15, 0.2) is 0 Å². The Morgan fingerprint density at radius 3 is 2.81 bits per heavy atom. The molecule has 0 spiro atoms. The van der Waals surface area contributed by atoms with E-state index in [1.54, 1.807) is 18.2 Å². The molecular formula is C12H15NO3. The molecule has 4 heteroatoms. The minimum Gasteiger partial charge on any atom is -0.478 e. The second kappa shape index (κ2) is 4.53. The van der Waals surface area contributed by atoms with E-state index in [1.807, 2.05) is 0 Å². The first-order valence-corrected chi connectivity index (χ1v) is 5.40. The number of aromatic carboxylic acids is 1. The van der Waals surface area contributed by atoms with Gasteiger partial charge < -0.3 is 15.6 Å². The third-order valence-corrected chi connectivity index (χ3v) is 2.92. The molecule has 2 rings (SSSR count). The van der Waals surface area contributed by atoms with Crippen LogP contribution in [0, 0.1) is 0 Å². The quantitative estimate of drug-likeness (QED) is 0.763. The fourth-order valence-electron chi connectivity index (χ4n) is 1.75. The normalized spacial score (nSPS) is 15.8. The number of carboxylic acid groups (broad SMARTS) is 1. The lowest BCUT2D eigenvalue weighted by Gasteiger charge is -2.25. The van der Waals surface area contributed by atoms with Crippen LogP contribution < -0.4 is 5.73 Å². The second-order valence-electron chi connectivity index (χ2n) is 4.05. The van der Waals surface area contributed by atoms with Gasteiger partial charge in [0.05, 0.1) is 18.3 Å².